The number of amides is 2. The Labute approximate surface area is 149 Å². The number of rotatable bonds is 8. The van der Waals surface area contributed by atoms with Gasteiger partial charge in [-0.1, -0.05) is 19.9 Å². The summed E-state index contributed by atoms with van der Waals surface area (Å²) in [6.45, 7) is 9.65. The van der Waals surface area contributed by atoms with Gasteiger partial charge in [0.1, 0.15) is 6.04 Å². The van der Waals surface area contributed by atoms with E-state index in [1.807, 2.05) is 17.5 Å². The number of hydrogen-bond acceptors (Lipinski definition) is 4. The summed E-state index contributed by atoms with van der Waals surface area (Å²) < 4.78 is 0. The van der Waals surface area contributed by atoms with Crippen molar-refractivity contribution in [3.63, 3.8) is 0 Å². The van der Waals surface area contributed by atoms with Crippen molar-refractivity contribution in [1.29, 1.82) is 0 Å². The average Bonchev–Trinajstić information content (AvgIpc) is 3.24. The van der Waals surface area contributed by atoms with Crippen molar-refractivity contribution in [2.45, 2.75) is 52.1 Å². The van der Waals surface area contributed by atoms with Crippen LogP contribution in [0.3, 0.4) is 0 Å². The van der Waals surface area contributed by atoms with Crippen molar-refractivity contribution >= 4 is 23.2 Å². The minimum Gasteiger partial charge on any atom is -0.353 e. The molecule has 2 amide bonds. The number of thiophene rings is 1. The van der Waals surface area contributed by atoms with E-state index in [1.54, 1.807) is 16.2 Å². The molecule has 5 nitrogen and oxygen atoms in total. The first-order valence-corrected chi connectivity index (χ1v) is 9.78. The minimum absolute atomic E-state index is 0.00830. The Morgan fingerprint density at radius 2 is 2.17 bits per heavy atom. The summed E-state index contributed by atoms with van der Waals surface area (Å²) in [6, 6.07) is 3.93. The van der Waals surface area contributed by atoms with E-state index in [0.717, 1.165) is 30.8 Å². The molecule has 1 aliphatic rings. The van der Waals surface area contributed by atoms with Crippen LogP contribution in [0.1, 0.15) is 38.5 Å². The zero-order valence-corrected chi connectivity index (χ0v) is 15.8. The van der Waals surface area contributed by atoms with Gasteiger partial charge >= 0.3 is 0 Å². The van der Waals surface area contributed by atoms with Crippen LogP contribution in [0.4, 0.5) is 0 Å². The first-order valence-electron chi connectivity index (χ1n) is 8.90. The van der Waals surface area contributed by atoms with Crippen LogP contribution in [0.2, 0.25) is 0 Å². The molecule has 0 radical (unpaired) electrons. The van der Waals surface area contributed by atoms with E-state index in [4.69, 9.17) is 0 Å². The number of likely N-dealkylation sites (tertiary alicyclic amines) is 1. The largest absolute Gasteiger partial charge is 0.353 e. The van der Waals surface area contributed by atoms with Crippen molar-refractivity contribution in [2.24, 2.45) is 0 Å². The van der Waals surface area contributed by atoms with Gasteiger partial charge in [-0.25, -0.2) is 0 Å². The second-order valence-electron chi connectivity index (χ2n) is 6.32. The third-order valence-electron chi connectivity index (χ3n) is 4.79. The van der Waals surface area contributed by atoms with Gasteiger partial charge in [0, 0.05) is 24.0 Å². The van der Waals surface area contributed by atoms with Gasteiger partial charge < -0.3 is 10.2 Å². The molecule has 134 valence electrons. The Hall–Kier alpha value is -1.40. The first-order chi connectivity index (χ1) is 11.6. The van der Waals surface area contributed by atoms with Gasteiger partial charge in [0.15, 0.2) is 0 Å². The van der Waals surface area contributed by atoms with Crippen LogP contribution >= 0.6 is 11.3 Å². The zero-order valence-electron chi connectivity index (χ0n) is 15.0. The summed E-state index contributed by atoms with van der Waals surface area (Å²) in [4.78, 5) is 30.2. The summed E-state index contributed by atoms with van der Waals surface area (Å²) in [6.07, 6.45) is 2.07. The molecular formula is C18H29N3O2S. The molecular weight excluding hydrogens is 322 g/mol. The lowest BCUT2D eigenvalue weighted by molar-refractivity contribution is -0.138. The first kappa shape index (κ1) is 18.9. The fourth-order valence-electron chi connectivity index (χ4n) is 3.34. The average molecular weight is 352 g/mol. The summed E-state index contributed by atoms with van der Waals surface area (Å²) in [7, 11) is 0. The van der Waals surface area contributed by atoms with Crippen LogP contribution in [-0.4, -0.2) is 59.9 Å². The van der Waals surface area contributed by atoms with Gasteiger partial charge in [-0.05, 0) is 44.3 Å². The molecule has 1 N–H and O–H groups in total. The predicted molar refractivity (Wildman–Crippen MR) is 98.2 cm³/mol. The molecule has 0 aromatic carbocycles. The number of nitrogens with one attached hydrogen (secondary N) is 1. The summed E-state index contributed by atoms with van der Waals surface area (Å²) in [5.74, 6) is 0.0536. The highest BCUT2D eigenvalue weighted by atomic mass is 32.1. The smallest absolute Gasteiger partial charge is 0.242 e. The molecule has 6 heteroatoms. The van der Waals surface area contributed by atoms with E-state index in [-0.39, 0.29) is 17.9 Å². The number of carbonyl (C=O) groups is 2. The lowest BCUT2D eigenvalue weighted by atomic mass is 10.2. The number of nitrogens with zero attached hydrogens (tertiary/aromatic N) is 2. The molecule has 24 heavy (non-hydrogen) atoms. The molecule has 0 saturated carbocycles. The highest BCUT2D eigenvalue weighted by Gasteiger charge is 2.34. The van der Waals surface area contributed by atoms with Crippen LogP contribution in [0.5, 0.6) is 0 Å². The maximum Gasteiger partial charge on any atom is 0.242 e. The van der Waals surface area contributed by atoms with E-state index in [9.17, 15) is 9.59 Å². The third-order valence-corrected chi connectivity index (χ3v) is 5.67. The lowest BCUT2D eigenvalue weighted by Gasteiger charge is -2.28. The summed E-state index contributed by atoms with van der Waals surface area (Å²) in [5, 5.41) is 5.02. The van der Waals surface area contributed by atoms with E-state index in [0.29, 0.717) is 25.6 Å². The lowest BCUT2D eigenvalue weighted by Crippen LogP contribution is -2.49. The molecule has 0 aliphatic carbocycles. The molecule has 1 fully saturated rings. The Bertz CT molecular complexity index is 528. The Kier molecular flexibility index (Phi) is 7.24. The van der Waals surface area contributed by atoms with E-state index in [1.165, 1.54) is 0 Å². The van der Waals surface area contributed by atoms with Crippen LogP contribution in [-0.2, 0) is 16.0 Å². The Morgan fingerprint density at radius 1 is 1.42 bits per heavy atom. The maximum atomic E-state index is 12.5. The minimum atomic E-state index is -0.304. The van der Waals surface area contributed by atoms with Crippen molar-refractivity contribution in [1.82, 2.24) is 15.1 Å². The molecule has 2 atom stereocenters. The van der Waals surface area contributed by atoms with Gasteiger partial charge in [-0.3, -0.25) is 14.5 Å². The van der Waals surface area contributed by atoms with Gasteiger partial charge in [-0.15, -0.1) is 11.3 Å². The molecule has 2 rings (SSSR count). The molecule has 2 unspecified atom stereocenters. The molecule has 0 bridgehead atoms. The van der Waals surface area contributed by atoms with Crippen LogP contribution in [0, 0.1) is 0 Å². The molecule has 1 saturated heterocycles. The van der Waals surface area contributed by atoms with E-state index < -0.39 is 0 Å². The summed E-state index contributed by atoms with van der Waals surface area (Å²) >= 11 is 1.59. The SMILES string of the molecule is CCN(CC)C(C)CNC(=O)C1CCCN1C(=O)Cc1cccs1. The summed E-state index contributed by atoms with van der Waals surface area (Å²) in [5.41, 5.74) is 0. The highest BCUT2D eigenvalue weighted by molar-refractivity contribution is 7.10. The van der Waals surface area contributed by atoms with Gasteiger partial charge in [0.25, 0.3) is 0 Å². The highest BCUT2D eigenvalue weighted by Crippen LogP contribution is 2.20. The maximum absolute atomic E-state index is 12.5. The van der Waals surface area contributed by atoms with Crippen LogP contribution < -0.4 is 5.32 Å². The van der Waals surface area contributed by atoms with E-state index >= 15 is 0 Å². The number of hydrogen-bond donors (Lipinski definition) is 1. The Balaban J connectivity index is 1.87. The number of likely N-dealkylation sites (N-methyl/N-ethyl adjacent to an activating group) is 1. The van der Waals surface area contributed by atoms with E-state index in [2.05, 4.69) is 31.0 Å². The monoisotopic (exact) mass is 351 g/mol. The fraction of sp³-hybridized carbons (Fsp3) is 0.667. The number of carbonyl (C=O) groups excluding carboxylic acids is 2. The quantitative estimate of drug-likeness (QED) is 0.781. The van der Waals surface area contributed by atoms with Crippen molar-refractivity contribution in [2.75, 3.05) is 26.2 Å². The topological polar surface area (TPSA) is 52.7 Å². The molecule has 1 aromatic heterocycles. The van der Waals surface area contributed by atoms with Gasteiger partial charge in [-0.2, -0.15) is 0 Å². The molecule has 1 aliphatic heterocycles. The normalized spacial score (nSPS) is 18.8. The standard InChI is InChI=1S/C18H29N3O2S/c1-4-20(5-2)14(3)13-19-18(23)16-9-6-10-21(16)17(22)12-15-8-7-11-24-15/h7-8,11,14,16H,4-6,9-10,12-13H2,1-3H3,(H,19,23). The van der Waals surface area contributed by atoms with Crippen molar-refractivity contribution in [3.8, 4) is 0 Å². The molecule has 2 heterocycles. The molecule has 1 aromatic rings. The van der Waals surface area contributed by atoms with Crippen LogP contribution in [0.25, 0.3) is 0 Å². The third kappa shape index (κ3) is 4.80. The molecule has 0 spiro atoms. The second-order valence-corrected chi connectivity index (χ2v) is 7.35. The Morgan fingerprint density at radius 3 is 2.79 bits per heavy atom. The fourth-order valence-corrected chi connectivity index (χ4v) is 4.04. The van der Waals surface area contributed by atoms with Gasteiger partial charge in [0.05, 0.1) is 6.42 Å². The van der Waals surface area contributed by atoms with Gasteiger partial charge in [0.2, 0.25) is 11.8 Å². The van der Waals surface area contributed by atoms with Crippen LogP contribution in [0.15, 0.2) is 17.5 Å². The second kappa shape index (κ2) is 9.18. The zero-order chi connectivity index (χ0) is 17.5. The predicted octanol–water partition coefficient (Wildman–Crippen LogP) is 2.13. The van der Waals surface area contributed by atoms with Crippen molar-refractivity contribution < 1.29 is 9.59 Å². The van der Waals surface area contributed by atoms with Crippen molar-refractivity contribution in [3.05, 3.63) is 22.4 Å².